The van der Waals surface area contributed by atoms with Crippen LogP contribution in [0, 0.1) is 0 Å². The van der Waals surface area contributed by atoms with E-state index in [1.165, 1.54) is 18.4 Å². The third-order valence-corrected chi connectivity index (χ3v) is 5.99. The van der Waals surface area contributed by atoms with Crippen molar-refractivity contribution < 1.29 is 4.74 Å². The Morgan fingerprint density at radius 2 is 1.71 bits per heavy atom. The Kier molecular flexibility index (Phi) is 6.29. The Bertz CT molecular complexity index is 873. The van der Waals surface area contributed by atoms with Crippen LogP contribution < -0.4 is 4.74 Å². The lowest BCUT2D eigenvalue weighted by atomic mass is 10.2. The predicted molar refractivity (Wildman–Crippen MR) is 113 cm³/mol. The predicted octanol–water partition coefficient (Wildman–Crippen LogP) is 4.21. The van der Waals surface area contributed by atoms with Gasteiger partial charge in [-0.2, -0.15) is 0 Å². The molecule has 0 bridgehead atoms. The van der Waals surface area contributed by atoms with Crippen molar-refractivity contribution in [2.45, 2.75) is 31.0 Å². The summed E-state index contributed by atoms with van der Waals surface area (Å²) in [5, 5.41) is 10.0. The van der Waals surface area contributed by atoms with Gasteiger partial charge in [0, 0.05) is 11.4 Å². The molecule has 0 amide bonds. The standard InChI is InChI=1S/C22H26N4OS/c1-27-20-11-9-18(10-12-20)13-16-28-22-24-23-21(17-25-14-5-6-15-25)26(22)19-7-3-2-4-8-19/h2-4,7-12H,5-6,13-17H2,1H3. The van der Waals surface area contributed by atoms with E-state index < -0.39 is 0 Å². The number of aromatic nitrogens is 3. The van der Waals surface area contributed by atoms with Gasteiger partial charge in [-0.1, -0.05) is 42.1 Å². The molecule has 0 radical (unpaired) electrons. The molecule has 4 rings (SSSR count). The van der Waals surface area contributed by atoms with Gasteiger partial charge in [-0.25, -0.2) is 0 Å². The summed E-state index contributed by atoms with van der Waals surface area (Å²) >= 11 is 1.76. The Balaban J connectivity index is 1.48. The van der Waals surface area contributed by atoms with Gasteiger partial charge in [0.25, 0.3) is 0 Å². The van der Waals surface area contributed by atoms with Gasteiger partial charge in [0.2, 0.25) is 0 Å². The Labute approximate surface area is 170 Å². The Morgan fingerprint density at radius 1 is 0.964 bits per heavy atom. The first-order valence-corrected chi connectivity index (χ1v) is 10.8. The van der Waals surface area contributed by atoms with Crippen molar-refractivity contribution in [2.75, 3.05) is 26.0 Å². The molecule has 2 heterocycles. The smallest absolute Gasteiger partial charge is 0.195 e. The van der Waals surface area contributed by atoms with Gasteiger partial charge in [-0.3, -0.25) is 9.47 Å². The molecule has 28 heavy (non-hydrogen) atoms. The van der Waals surface area contributed by atoms with E-state index in [0.29, 0.717) is 0 Å². The minimum absolute atomic E-state index is 0.862. The largest absolute Gasteiger partial charge is 0.497 e. The first-order chi connectivity index (χ1) is 13.8. The zero-order chi connectivity index (χ0) is 19.2. The van der Waals surface area contributed by atoms with E-state index in [1.54, 1.807) is 18.9 Å². The lowest BCUT2D eigenvalue weighted by Gasteiger charge is -2.16. The van der Waals surface area contributed by atoms with Crippen LogP contribution in [0.5, 0.6) is 5.75 Å². The highest BCUT2D eigenvalue weighted by Crippen LogP contribution is 2.24. The van der Waals surface area contributed by atoms with Gasteiger partial charge in [-0.05, 0) is 62.2 Å². The molecule has 6 heteroatoms. The maximum Gasteiger partial charge on any atom is 0.195 e. The molecule has 1 aliphatic rings. The third-order valence-electron chi connectivity index (χ3n) is 5.06. The van der Waals surface area contributed by atoms with Gasteiger partial charge in [0.15, 0.2) is 11.0 Å². The molecule has 3 aromatic rings. The van der Waals surface area contributed by atoms with Crippen LogP contribution in [-0.2, 0) is 13.0 Å². The molecule has 0 N–H and O–H groups in total. The van der Waals surface area contributed by atoms with E-state index in [1.807, 2.05) is 18.2 Å². The molecule has 1 aromatic heterocycles. The van der Waals surface area contributed by atoms with Gasteiger partial charge < -0.3 is 4.74 Å². The zero-order valence-corrected chi connectivity index (χ0v) is 17.1. The summed E-state index contributed by atoms with van der Waals surface area (Å²) in [4.78, 5) is 2.47. The fourth-order valence-electron chi connectivity index (χ4n) is 3.53. The second kappa shape index (κ2) is 9.26. The number of methoxy groups -OCH3 is 1. The minimum Gasteiger partial charge on any atom is -0.497 e. The Morgan fingerprint density at radius 3 is 2.43 bits per heavy atom. The first kappa shape index (κ1) is 19.0. The van der Waals surface area contributed by atoms with E-state index in [0.717, 1.165) is 54.2 Å². The summed E-state index contributed by atoms with van der Waals surface area (Å²) < 4.78 is 7.45. The quantitative estimate of drug-likeness (QED) is 0.536. The van der Waals surface area contributed by atoms with E-state index in [9.17, 15) is 0 Å². The molecule has 1 saturated heterocycles. The zero-order valence-electron chi connectivity index (χ0n) is 16.3. The summed E-state index contributed by atoms with van der Waals surface area (Å²) in [6, 6.07) is 18.7. The summed E-state index contributed by atoms with van der Waals surface area (Å²) in [6.07, 6.45) is 3.55. The number of rotatable bonds is 8. The van der Waals surface area contributed by atoms with Crippen LogP contribution in [0.15, 0.2) is 59.8 Å². The van der Waals surface area contributed by atoms with Crippen molar-refractivity contribution in [3.05, 3.63) is 66.0 Å². The number of hydrogen-bond donors (Lipinski definition) is 0. The summed E-state index contributed by atoms with van der Waals surface area (Å²) in [7, 11) is 1.70. The fraction of sp³-hybridized carbons (Fsp3) is 0.364. The van der Waals surface area contributed by atoms with Gasteiger partial charge in [0.1, 0.15) is 5.75 Å². The SMILES string of the molecule is COc1ccc(CCSc2nnc(CN3CCCC3)n2-c2ccccc2)cc1. The van der Waals surface area contributed by atoms with Crippen molar-refractivity contribution in [1.82, 2.24) is 19.7 Å². The molecule has 0 atom stereocenters. The average molecular weight is 395 g/mol. The normalized spacial score (nSPS) is 14.5. The number of ether oxygens (including phenoxy) is 1. The summed E-state index contributed by atoms with van der Waals surface area (Å²) in [5.41, 5.74) is 2.44. The van der Waals surface area contributed by atoms with Crippen molar-refractivity contribution in [2.24, 2.45) is 0 Å². The highest BCUT2D eigenvalue weighted by atomic mass is 32.2. The van der Waals surface area contributed by atoms with Crippen LogP contribution in [0.25, 0.3) is 5.69 Å². The summed E-state index contributed by atoms with van der Waals surface area (Å²) in [5.74, 6) is 2.88. The van der Waals surface area contributed by atoms with E-state index in [4.69, 9.17) is 4.74 Å². The van der Waals surface area contributed by atoms with Crippen LogP contribution in [0.4, 0.5) is 0 Å². The second-order valence-electron chi connectivity index (χ2n) is 7.00. The third kappa shape index (κ3) is 4.56. The average Bonchev–Trinajstić information content (AvgIpc) is 3.40. The van der Waals surface area contributed by atoms with Crippen molar-refractivity contribution >= 4 is 11.8 Å². The maximum atomic E-state index is 5.23. The molecule has 0 saturated carbocycles. The van der Waals surface area contributed by atoms with E-state index in [-0.39, 0.29) is 0 Å². The number of nitrogens with zero attached hydrogens (tertiary/aromatic N) is 4. The maximum absolute atomic E-state index is 5.23. The number of likely N-dealkylation sites (tertiary alicyclic amines) is 1. The van der Waals surface area contributed by atoms with Crippen molar-refractivity contribution in [3.63, 3.8) is 0 Å². The highest BCUT2D eigenvalue weighted by Gasteiger charge is 2.19. The van der Waals surface area contributed by atoms with Crippen LogP contribution in [0.1, 0.15) is 24.2 Å². The van der Waals surface area contributed by atoms with Crippen LogP contribution in [-0.4, -0.2) is 45.6 Å². The van der Waals surface area contributed by atoms with Crippen LogP contribution in [0.3, 0.4) is 0 Å². The molecule has 5 nitrogen and oxygen atoms in total. The second-order valence-corrected chi connectivity index (χ2v) is 8.06. The molecular weight excluding hydrogens is 368 g/mol. The fourth-order valence-corrected chi connectivity index (χ4v) is 4.48. The number of aryl methyl sites for hydroxylation is 1. The van der Waals surface area contributed by atoms with Crippen LogP contribution >= 0.6 is 11.8 Å². The van der Waals surface area contributed by atoms with E-state index >= 15 is 0 Å². The molecule has 2 aromatic carbocycles. The number of para-hydroxylation sites is 1. The van der Waals surface area contributed by atoms with E-state index in [2.05, 4.69) is 56.1 Å². The van der Waals surface area contributed by atoms with Crippen molar-refractivity contribution in [3.8, 4) is 11.4 Å². The molecular formula is C22H26N4OS. The molecule has 1 aliphatic heterocycles. The molecule has 146 valence electrons. The molecule has 0 spiro atoms. The van der Waals surface area contributed by atoms with Gasteiger partial charge in [0.05, 0.1) is 13.7 Å². The topological polar surface area (TPSA) is 43.2 Å². The lowest BCUT2D eigenvalue weighted by molar-refractivity contribution is 0.319. The minimum atomic E-state index is 0.862. The highest BCUT2D eigenvalue weighted by molar-refractivity contribution is 7.99. The van der Waals surface area contributed by atoms with Crippen LogP contribution in [0.2, 0.25) is 0 Å². The number of benzene rings is 2. The first-order valence-electron chi connectivity index (χ1n) is 9.81. The van der Waals surface area contributed by atoms with Crippen molar-refractivity contribution in [1.29, 1.82) is 0 Å². The number of thioether (sulfide) groups is 1. The number of hydrogen-bond acceptors (Lipinski definition) is 5. The lowest BCUT2D eigenvalue weighted by Crippen LogP contribution is -2.21. The molecule has 0 unspecified atom stereocenters. The van der Waals surface area contributed by atoms with Gasteiger partial charge in [-0.15, -0.1) is 10.2 Å². The monoisotopic (exact) mass is 394 g/mol. The molecule has 1 fully saturated rings. The molecule has 0 aliphatic carbocycles. The van der Waals surface area contributed by atoms with Gasteiger partial charge >= 0.3 is 0 Å². The Hall–Kier alpha value is -2.31. The summed E-state index contributed by atoms with van der Waals surface area (Å²) in [6.45, 7) is 3.17.